The van der Waals surface area contributed by atoms with Gasteiger partial charge in [0.25, 0.3) is 0 Å². The Morgan fingerprint density at radius 1 is 1.32 bits per heavy atom. The molecule has 2 N–H and O–H groups in total. The molecule has 0 aliphatic heterocycles. The third-order valence-electron chi connectivity index (χ3n) is 2.33. The molecule has 1 rings (SSSR count). The summed E-state index contributed by atoms with van der Waals surface area (Å²) in [6.45, 7) is 0.470. The maximum Gasteiger partial charge on any atom is 0.325 e. The Labute approximate surface area is 113 Å². The molecular weight excluding hydrogens is 272 g/mol. The summed E-state index contributed by atoms with van der Waals surface area (Å²) in [5, 5.41) is 9.83. The standard InChI is InChI=1S/C11H16N2O5S/c1-12(8-11(14)15)7-9-3-5-10(6-4-9)13(2)18-19(16)17/h3-6H,7-8H2,1-2H3,(H,14,15)(H,16,17). The minimum atomic E-state index is -2.36. The fraction of sp³-hybridized carbons (Fsp3) is 0.364. The van der Waals surface area contributed by atoms with Gasteiger partial charge in [0.05, 0.1) is 12.2 Å². The number of nitrogens with zero attached hydrogens (tertiary/aromatic N) is 2. The Balaban J connectivity index is 2.61. The van der Waals surface area contributed by atoms with Gasteiger partial charge < -0.3 is 5.11 Å². The summed E-state index contributed by atoms with van der Waals surface area (Å²) >= 11 is -2.36. The molecule has 0 aliphatic carbocycles. The molecule has 0 bridgehead atoms. The maximum absolute atomic E-state index is 10.5. The van der Waals surface area contributed by atoms with Crippen molar-refractivity contribution in [2.75, 3.05) is 25.7 Å². The molecule has 0 aromatic heterocycles. The summed E-state index contributed by atoms with van der Waals surface area (Å²) in [4.78, 5) is 12.2. The predicted octanol–water partition coefficient (Wildman–Crippen LogP) is 0.708. The lowest BCUT2D eigenvalue weighted by Gasteiger charge is -2.17. The molecule has 0 fully saturated rings. The van der Waals surface area contributed by atoms with Gasteiger partial charge in [0.15, 0.2) is 0 Å². The number of carboxylic acid groups (broad SMARTS) is 1. The largest absolute Gasteiger partial charge is 0.480 e. The molecule has 19 heavy (non-hydrogen) atoms. The Kier molecular flexibility index (Phi) is 5.90. The number of hydrogen-bond donors (Lipinski definition) is 2. The van der Waals surface area contributed by atoms with Crippen molar-refractivity contribution in [3.05, 3.63) is 29.8 Å². The van der Waals surface area contributed by atoms with E-state index >= 15 is 0 Å². The predicted molar refractivity (Wildman–Crippen MR) is 70.7 cm³/mol. The second-order valence-corrected chi connectivity index (χ2v) is 4.60. The number of likely N-dealkylation sites (N-methyl/N-ethyl adjacent to an activating group) is 1. The molecule has 1 aromatic rings. The Morgan fingerprint density at radius 3 is 2.37 bits per heavy atom. The molecule has 0 saturated carbocycles. The van der Waals surface area contributed by atoms with E-state index in [4.69, 9.17) is 9.66 Å². The normalized spacial score (nSPS) is 12.4. The Hall–Kier alpha value is -1.48. The fourth-order valence-corrected chi connectivity index (χ4v) is 1.83. The Morgan fingerprint density at radius 2 is 1.89 bits per heavy atom. The van der Waals surface area contributed by atoms with Gasteiger partial charge >= 0.3 is 17.3 Å². The SMILES string of the molecule is CN(CC(=O)O)Cc1ccc(N(C)OS(=O)O)cc1. The van der Waals surface area contributed by atoms with Crippen LogP contribution >= 0.6 is 0 Å². The van der Waals surface area contributed by atoms with Crippen LogP contribution in [0, 0.1) is 0 Å². The number of hydroxylamine groups is 1. The van der Waals surface area contributed by atoms with Gasteiger partial charge in [0.1, 0.15) is 0 Å². The lowest BCUT2D eigenvalue weighted by Crippen LogP contribution is -2.25. The summed E-state index contributed by atoms with van der Waals surface area (Å²) in [6.07, 6.45) is 0. The third kappa shape index (κ3) is 5.79. The molecule has 0 amide bonds. The Bertz CT molecular complexity index is 451. The van der Waals surface area contributed by atoms with Gasteiger partial charge in [-0.25, -0.2) is 5.06 Å². The zero-order chi connectivity index (χ0) is 14.4. The van der Waals surface area contributed by atoms with E-state index in [2.05, 4.69) is 4.28 Å². The van der Waals surface area contributed by atoms with Crippen LogP contribution in [-0.2, 0) is 27.0 Å². The van der Waals surface area contributed by atoms with Crippen LogP contribution in [0.1, 0.15) is 5.56 Å². The minimum absolute atomic E-state index is 0.0335. The third-order valence-corrected chi connectivity index (χ3v) is 2.68. The second kappa shape index (κ2) is 7.19. The highest BCUT2D eigenvalue weighted by molar-refractivity contribution is 7.74. The van der Waals surface area contributed by atoms with E-state index in [9.17, 15) is 9.00 Å². The van der Waals surface area contributed by atoms with Crippen molar-refractivity contribution in [3.63, 3.8) is 0 Å². The first-order chi connectivity index (χ1) is 8.88. The summed E-state index contributed by atoms with van der Waals surface area (Å²) in [5.74, 6) is -0.877. The van der Waals surface area contributed by atoms with Crippen molar-refractivity contribution in [1.29, 1.82) is 0 Å². The molecule has 7 nitrogen and oxygen atoms in total. The average Bonchev–Trinajstić information content (AvgIpc) is 2.27. The van der Waals surface area contributed by atoms with Crippen molar-refractivity contribution in [2.45, 2.75) is 6.54 Å². The first-order valence-corrected chi connectivity index (χ1v) is 6.44. The van der Waals surface area contributed by atoms with Crippen molar-refractivity contribution in [2.24, 2.45) is 0 Å². The second-order valence-electron chi connectivity index (χ2n) is 4.02. The number of carboxylic acids is 1. The van der Waals surface area contributed by atoms with E-state index in [-0.39, 0.29) is 6.54 Å². The number of rotatable bonds is 7. The van der Waals surface area contributed by atoms with E-state index in [1.807, 2.05) is 0 Å². The van der Waals surface area contributed by atoms with Crippen LogP contribution in [-0.4, -0.2) is 45.4 Å². The van der Waals surface area contributed by atoms with E-state index in [0.717, 1.165) is 5.56 Å². The highest BCUT2D eigenvalue weighted by Crippen LogP contribution is 2.15. The fourth-order valence-electron chi connectivity index (χ4n) is 1.55. The molecule has 1 atom stereocenters. The average molecular weight is 288 g/mol. The van der Waals surface area contributed by atoms with Crippen molar-refractivity contribution in [1.82, 2.24) is 4.90 Å². The van der Waals surface area contributed by atoms with Crippen molar-refractivity contribution in [3.8, 4) is 0 Å². The summed E-state index contributed by atoms with van der Waals surface area (Å²) in [7, 11) is 3.23. The molecule has 1 unspecified atom stereocenters. The van der Waals surface area contributed by atoms with Crippen molar-refractivity contribution < 1.29 is 22.9 Å². The monoisotopic (exact) mass is 288 g/mol. The van der Waals surface area contributed by atoms with Crippen LogP contribution in [0.25, 0.3) is 0 Å². The molecule has 0 aliphatic rings. The molecule has 0 radical (unpaired) electrons. The van der Waals surface area contributed by atoms with Crippen LogP contribution in [0.2, 0.25) is 0 Å². The smallest absolute Gasteiger partial charge is 0.325 e. The number of aliphatic carboxylic acids is 1. The van der Waals surface area contributed by atoms with Gasteiger partial charge in [-0.3, -0.25) is 14.2 Å². The lowest BCUT2D eigenvalue weighted by molar-refractivity contribution is -0.138. The molecule has 1 aromatic carbocycles. The first kappa shape index (κ1) is 15.6. The van der Waals surface area contributed by atoms with Gasteiger partial charge in [-0.1, -0.05) is 12.1 Å². The van der Waals surface area contributed by atoms with Crippen LogP contribution in [0.4, 0.5) is 5.69 Å². The number of anilines is 1. The first-order valence-electron chi connectivity index (χ1n) is 5.41. The van der Waals surface area contributed by atoms with Gasteiger partial charge in [0, 0.05) is 13.6 Å². The van der Waals surface area contributed by atoms with E-state index < -0.39 is 17.3 Å². The highest BCUT2D eigenvalue weighted by atomic mass is 32.2. The van der Waals surface area contributed by atoms with E-state index in [1.54, 1.807) is 36.2 Å². The number of hydrogen-bond acceptors (Lipinski definition) is 5. The van der Waals surface area contributed by atoms with Crippen molar-refractivity contribution >= 4 is 23.0 Å². The van der Waals surface area contributed by atoms with Gasteiger partial charge in [-0.15, -0.1) is 4.28 Å². The van der Waals surface area contributed by atoms with Gasteiger partial charge in [-0.05, 0) is 24.7 Å². The molecule has 106 valence electrons. The highest BCUT2D eigenvalue weighted by Gasteiger charge is 2.07. The van der Waals surface area contributed by atoms with Crippen LogP contribution in [0.3, 0.4) is 0 Å². The van der Waals surface area contributed by atoms with E-state index in [1.165, 1.54) is 12.1 Å². The molecule has 0 spiro atoms. The number of carbonyl (C=O) groups is 1. The summed E-state index contributed by atoms with van der Waals surface area (Å²) in [6, 6.07) is 7.04. The van der Waals surface area contributed by atoms with Gasteiger partial charge in [-0.2, -0.15) is 4.21 Å². The van der Waals surface area contributed by atoms with E-state index in [0.29, 0.717) is 12.2 Å². The molecule has 0 saturated heterocycles. The molecular formula is C11H16N2O5S. The quantitative estimate of drug-likeness (QED) is 0.564. The zero-order valence-corrected chi connectivity index (χ0v) is 11.5. The number of benzene rings is 1. The minimum Gasteiger partial charge on any atom is -0.480 e. The van der Waals surface area contributed by atoms with Crippen LogP contribution < -0.4 is 5.06 Å². The van der Waals surface area contributed by atoms with Crippen LogP contribution in [0.5, 0.6) is 0 Å². The lowest BCUT2D eigenvalue weighted by atomic mass is 10.2. The van der Waals surface area contributed by atoms with Gasteiger partial charge in [0.2, 0.25) is 0 Å². The summed E-state index contributed by atoms with van der Waals surface area (Å²) in [5.41, 5.74) is 1.55. The molecule has 0 heterocycles. The maximum atomic E-state index is 10.5. The summed E-state index contributed by atoms with van der Waals surface area (Å²) < 4.78 is 23.7. The topological polar surface area (TPSA) is 90.3 Å². The van der Waals surface area contributed by atoms with Crippen LogP contribution in [0.15, 0.2) is 24.3 Å². The molecule has 8 heteroatoms. The zero-order valence-electron chi connectivity index (χ0n) is 10.6.